The minimum atomic E-state index is 0.554. The van der Waals surface area contributed by atoms with Gasteiger partial charge in [-0.3, -0.25) is 0 Å². The number of hydrogen-bond donors (Lipinski definition) is 1. The van der Waals surface area contributed by atoms with E-state index >= 15 is 0 Å². The maximum atomic E-state index is 5.45. The van der Waals surface area contributed by atoms with E-state index in [-0.39, 0.29) is 0 Å². The first-order valence-corrected chi connectivity index (χ1v) is 3.25. The zero-order valence-corrected chi connectivity index (χ0v) is 6.99. The smallest absolute Gasteiger partial charge is 0.0311 e. The molecule has 0 aromatic rings. The highest BCUT2D eigenvalue weighted by atomic mass is 14.6. The first kappa shape index (κ1) is 9.02. The Kier molecular flexibility index (Phi) is 2.94. The molecule has 2 N–H and O–H groups in total. The normalized spacial score (nSPS) is 8.70. The number of hydrogen-bond acceptors (Lipinski definition) is 1. The third kappa shape index (κ3) is 2.09. The SMILES string of the molecule is C=C(N)C(=C)C(C)=C(C)C. The molecule has 0 radical (unpaired) electrons. The van der Waals surface area contributed by atoms with Crippen LogP contribution in [0, 0.1) is 0 Å². The van der Waals surface area contributed by atoms with Gasteiger partial charge in [0.1, 0.15) is 0 Å². The molecule has 0 bridgehead atoms. The molecule has 0 aliphatic heterocycles. The predicted octanol–water partition coefficient (Wildman–Crippen LogP) is 2.37. The molecular formula is C9H15N. The van der Waals surface area contributed by atoms with Crippen LogP contribution in [-0.4, -0.2) is 0 Å². The molecule has 1 nitrogen and oxygen atoms in total. The van der Waals surface area contributed by atoms with Crippen LogP contribution in [0.5, 0.6) is 0 Å². The van der Waals surface area contributed by atoms with Crippen LogP contribution in [0.4, 0.5) is 0 Å². The van der Waals surface area contributed by atoms with Crippen LogP contribution in [0.3, 0.4) is 0 Å². The quantitative estimate of drug-likeness (QED) is 0.581. The Morgan fingerprint density at radius 2 is 1.50 bits per heavy atom. The molecule has 1 heteroatoms. The lowest BCUT2D eigenvalue weighted by Gasteiger charge is -2.06. The van der Waals surface area contributed by atoms with Gasteiger partial charge in [0.05, 0.1) is 0 Å². The minimum Gasteiger partial charge on any atom is -0.399 e. The Hall–Kier alpha value is -0.980. The van der Waals surface area contributed by atoms with Crippen molar-refractivity contribution in [2.45, 2.75) is 20.8 Å². The van der Waals surface area contributed by atoms with Gasteiger partial charge in [-0.1, -0.05) is 18.7 Å². The Morgan fingerprint density at radius 3 is 1.60 bits per heavy atom. The second-order valence-electron chi connectivity index (χ2n) is 2.63. The Labute approximate surface area is 62.9 Å². The van der Waals surface area contributed by atoms with Gasteiger partial charge in [-0.15, -0.1) is 0 Å². The van der Waals surface area contributed by atoms with E-state index in [1.165, 1.54) is 5.57 Å². The topological polar surface area (TPSA) is 26.0 Å². The van der Waals surface area contributed by atoms with Crippen molar-refractivity contribution in [3.8, 4) is 0 Å². The molecule has 0 aromatic carbocycles. The van der Waals surface area contributed by atoms with Gasteiger partial charge in [-0.05, 0) is 31.9 Å². The average molecular weight is 137 g/mol. The van der Waals surface area contributed by atoms with Crippen molar-refractivity contribution in [3.63, 3.8) is 0 Å². The molecule has 0 unspecified atom stereocenters. The lowest BCUT2D eigenvalue weighted by Crippen LogP contribution is -1.99. The average Bonchev–Trinajstić information content (AvgIpc) is 1.84. The molecule has 0 heterocycles. The van der Waals surface area contributed by atoms with Crippen molar-refractivity contribution >= 4 is 0 Å². The number of rotatable bonds is 2. The van der Waals surface area contributed by atoms with E-state index in [4.69, 9.17) is 5.73 Å². The zero-order valence-electron chi connectivity index (χ0n) is 6.99. The second kappa shape index (κ2) is 3.25. The summed E-state index contributed by atoms with van der Waals surface area (Å²) in [5, 5.41) is 0. The van der Waals surface area contributed by atoms with Crippen LogP contribution in [0.15, 0.2) is 35.6 Å². The van der Waals surface area contributed by atoms with Crippen molar-refractivity contribution in [1.29, 1.82) is 0 Å². The van der Waals surface area contributed by atoms with Gasteiger partial charge < -0.3 is 5.73 Å². The van der Waals surface area contributed by atoms with Gasteiger partial charge in [-0.25, -0.2) is 0 Å². The standard InChI is InChI=1S/C9H15N/c1-6(2)7(3)8(4)9(5)10/h4-5,10H2,1-3H3. The molecule has 0 fully saturated rings. The van der Waals surface area contributed by atoms with Gasteiger partial charge in [0.25, 0.3) is 0 Å². The minimum absolute atomic E-state index is 0.554. The fourth-order valence-corrected chi connectivity index (χ4v) is 0.543. The molecule has 0 saturated carbocycles. The fraction of sp³-hybridized carbons (Fsp3) is 0.333. The molecule has 0 atom stereocenters. The first-order chi connectivity index (χ1) is 4.46. The van der Waals surface area contributed by atoms with Crippen LogP contribution in [0.25, 0.3) is 0 Å². The molecular weight excluding hydrogens is 122 g/mol. The van der Waals surface area contributed by atoms with E-state index in [0.29, 0.717) is 5.70 Å². The van der Waals surface area contributed by atoms with E-state index in [9.17, 15) is 0 Å². The van der Waals surface area contributed by atoms with Gasteiger partial charge in [0, 0.05) is 5.70 Å². The van der Waals surface area contributed by atoms with Crippen LogP contribution >= 0.6 is 0 Å². The molecule has 0 aromatic heterocycles. The first-order valence-electron chi connectivity index (χ1n) is 3.25. The summed E-state index contributed by atoms with van der Waals surface area (Å²) >= 11 is 0. The Bertz CT molecular complexity index is 193. The van der Waals surface area contributed by atoms with Gasteiger partial charge in [0.15, 0.2) is 0 Å². The summed E-state index contributed by atoms with van der Waals surface area (Å²) in [5.74, 6) is 0. The highest BCUT2D eigenvalue weighted by Gasteiger charge is 1.98. The molecule has 0 amide bonds. The summed E-state index contributed by atoms with van der Waals surface area (Å²) in [5.41, 5.74) is 9.21. The monoisotopic (exact) mass is 137 g/mol. The van der Waals surface area contributed by atoms with Gasteiger partial charge >= 0.3 is 0 Å². The molecule has 10 heavy (non-hydrogen) atoms. The summed E-state index contributed by atoms with van der Waals surface area (Å²) < 4.78 is 0. The Morgan fingerprint density at radius 1 is 1.10 bits per heavy atom. The van der Waals surface area contributed by atoms with E-state index in [2.05, 4.69) is 13.2 Å². The molecule has 0 aliphatic rings. The van der Waals surface area contributed by atoms with Crippen LogP contribution < -0.4 is 5.73 Å². The second-order valence-corrected chi connectivity index (χ2v) is 2.63. The molecule has 0 aliphatic carbocycles. The van der Waals surface area contributed by atoms with Crippen LogP contribution in [0.2, 0.25) is 0 Å². The van der Waals surface area contributed by atoms with Crippen LogP contribution in [-0.2, 0) is 0 Å². The van der Waals surface area contributed by atoms with Crippen molar-refractivity contribution in [1.82, 2.24) is 0 Å². The third-order valence-corrected chi connectivity index (χ3v) is 1.59. The maximum absolute atomic E-state index is 5.45. The largest absolute Gasteiger partial charge is 0.399 e. The molecule has 0 saturated heterocycles. The summed E-state index contributed by atoms with van der Waals surface area (Å²) in [6.07, 6.45) is 0. The van der Waals surface area contributed by atoms with Gasteiger partial charge in [0.2, 0.25) is 0 Å². The fourth-order valence-electron chi connectivity index (χ4n) is 0.543. The summed E-state index contributed by atoms with van der Waals surface area (Å²) in [4.78, 5) is 0. The van der Waals surface area contributed by atoms with Crippen molar-refractivity contribution < 1.29 is 0 Å². The molecule has 0 spiro atoms. The van der Waals surface area contributed by atoms with E-state index in [1.807, 2.05) is 20.8 Å². The maximum Gasteiger partial charge on any atom is 0.0311 e. The summed E-state index contributed by atoms with van der Waals surface area (Å²) in [6, 6.07) is 0. The van der Waals surface area contributed by atoms with Crippen molar-refractivity contribution in [2.75, 3.05) is 0 Å². The van der Waals surface area contributed by atoms with Crippen molar-refractivity contribution in [2.24, 2.45) is 5.73 Å². The molecule has 0 rings (SSSR count). The number of allylic oxidation sites excluding steroid dienone is 2. The zero-order chi connectivity index (χ0) is 8.31. The number of nitrogens with two attached hydrogens (primary N) is 1. The third-order valence-electron chi connectivity index (χ3n) is 1.59. The predicted molar refractivity (Wildman–Crippen MR) is 46.5 cm³/mol. The van der Waals surface area contributed by atoms with E-state index in [0.717, 1.165) is 11.1 Å². The molecule has 56 valence electrons. The summed E-state index contributed by atoms with van der Waals surface area (Å²) in [6.45, 7) is 13.5. The lowest BCUT2D eigenvalue weighted by molar-refractivity contribution is 1.22. The highest BCUT2D eigenvalue weighted by Crippen LogP contribution is 2.14. The van der Waals surface area contributed by atoms with Crippen molar-refractivity contribution in [3.05, 3.63) is 35.6 Å². The van der Waals surface area contributed by atoms with Crippen LogP contribution in [0.1, 0.15) is 20.8 Å². The highest BCUT2D eigenvalue weighted by molar-refractivity contribution is 5.42. The van der Waals surface area contributed by atoms with E-state index < -0.39 is 0 Å². The lowest BCUT2D eigenvalue weighted by atomic mass is 10.0. The summed E-state index contributed by atoms with van der Waals surface area (Å²) in [7, 11) is 0. The Balaban J connectivity index is 4.54. The van der Waals surface area contributed by atoms with E-state index in [1.54, 1.807) is 0 Å². The van der Waals surface area contributed by atoms with Gasteiger partial charge in [-0.2, -0.15) is 0 Å².